The van der Waals surface area contributed by atoms with Crippen LogP contribution in [0.5, 0.6) is 5.75 Å². The van der Waals surface area contributed by atoms with Crippen LogP contribution >= 0.6 is 0 Å². The van der Waals surface area contributed by atoms with Crippen molar-refractivity contribution >= 4 is 15.8 Å². The summed E-state index contributed by atoms with van der Waals surface area (Å²) in [5.74, 6) is 1.01. The van der Waals surface area contributed by atoms with Crippen molar-refractivity contribution in [1.82, 2.24) is 9.21 Å². The highest BCUT2D eigenvalue weighted by Crippen LogP contribution is 2.32. The first-order valence-electron chi connectivity index (χ1n) is 8.88. The molecule has 3 rings (SSSR count). The third kappa shape index (κ3) is 4.04. The minimum absolute atomic E-state index is 0.0507. The molecule has 2 fully saturated rings. The molecule has 0 spiro atoms. The average molecular weight is 366 g/mol. The molecule has 6 nitrogen and oxygen atoms in total. The van der Waals surface area contributed by atoms with E-state index < -0.39 is 10.0 Å². The summed E-state index contributed by atoms with van der Waals surface area (Å²) in [7, 11) is -3.07. The molecule has 0 unspecified atom stereocenters. The predicted molar refractivity (Wildman–Crippen MR) is 96.5 cm³/mol. The monoisotopic (exact) mass is 366 g/mol. The van der Waals surface area contributed by atoms with Crippen molar-refractivity contribution in [3.63, 3.8) is 0 Å². The van der Waals surface area contributed by atoms with Gasteiger partial charge in [0.05, 0.1) is 12.4 Å². The number of Topliss-reactive ketones (excluding diaryl/α,β-unsaturated/α-hetero) is 1. The van der Waals surface area contributed by atoms with Crippen LogP contribution in [-0.4, -0.2) is 67.5 Å². The zero-order valence-corrected chi connectivity index (χ0v) is 15.7. The second-order valence-corrected chi connectivity index (χ2v) is 9.00. The minimum atomic E-state index is -3.07. The largest absolute Gasteiger partial charge is 0.494 e. The maximum Gasteiger partial charge on any atom is 0.214 e. The first-order chi connectivity index (χ1) is 11.9. The number of benzene rings is 1. The number of hydrogen-bond donors (Lipinski definition) is 0. The molecule has 2 heterocycles. The van der Waals surface area contributed by atoms with Crippen molar-refractivity contribution in [3.8, 4) is 5.75 Å². The van der Waals surface area contributed by atoms with Gasteiger partial charge in [0.25, 0.3) is 0 Å². The molecule has 2 saturated heterocycles. The average Bonchev–Trinajstić information content (AvgIpc) is 3.20. The van der Waals surface area contributed by atoms with Crippen LogP contribution in [0.15, 0.2) is 24.3 Å². The summed E-state index contributed by atoms with van der Waals surface area (Å²) in [6, 6.07) is 7.69. The Morgan fingerprint density at radius 3 is 2.48 bits per heavy atom. The lowest BCUT2D eigenvalue weighted by Gasteiger charge is -2.33. The number of fused-ring (bicyclic) bond motifs is 2. The third-order valence-corrected chi connectivity index (χ3v) is 7.04. The standard InChI is InChI=1S/C18H26N2O4S/c1-3-25(22,23)20-13-16-11-17(20)12-19(16)9-4-10-24-18-7-5-15(6-8-18)14(2)21/h5-8,16-17H,3-4,9-13H2,1-2H3/t16-,17-/m1/s1. The number of ether oxygens (including phenoxy) is 1. The lowest BCUT2D eigenvalue weighted by Crippen LogP contribution is -2.49. The molecule has 2 atom stereocenters. The number of piperazine rings is 1. The summed E-state index contributed by atoms with van der Waals surface area (Å²) in [6.07, 6.45) is 1.85. The Morgan fingerprint density at radius 2 is 1.92 bits per heavy atom. The first kappa shape index (κ1) is 18.4. The van der Waals surface area contributed by atoms with Crippen LogP contribution < -0.4 is 4.74 Å². The van der Waals surface area contributed by atoms with E-state index in [-0.39, 0.29) is 17.6 Å². The Labute approximate surface area is 149 Å². The summed E-state index contributed by atoms with van der Waals surface area (Å²) in [5, 5.41) is 0. The van der Waals surface area contributed by atoms with E-state index in [1.54, 1.807) is 30.3 Å². The van der Waals surface area contributed by atoms with Gasteiger partial charge in [0, 0.05) is 37.3 Å². The van der Waals surface area contributed by atoms with Gasteiger partial charge in [-0.1, -0.05) is 0 Å². The molecule has 0 saturated carbocycles. The van der Waals surface area contributed by atoms with E-state index in [0.29, 0.717) is 24.8 Å². The molecule has 138 valence electrons. The number of rotatable bonds is 8. The lowest BCUT2D eigenvalue weighted by molar-refractivity contribution is 0.101. The van der Waals surface area contributed by atoms with Crippen LogP contribution in [0.2, 0.25) is 0 Å². The van der Waals surface area contributed by atoms with Crippen molar-refractivity contribution in [2.45, 2.75) is 38.8 Å². The molecular weight excluding hydrogens is 340 g/mol. The van der Waals surface area contributed by atoms with Crippen LogP contribution in [-0.2, 0) is 10.0 Å². The Bertz CT molecular complexity index is 717. The summed E-state index contributed by atoms with van der Waals surface area (Å²) in [5.41, 5.74) is 0.687. The molecule has 2 aliphatic heterocycles. The topological polar surface area (TPSA) is 66.9 Å². The van der Waals surface area contributed by atoms with Crippen molar-refractivity contribution < 1.29 is 17.9 Å². The third-order valence-electron chi connectivity index (χ3n) is 5.15. The molecule has 0 aliphatic carbocycles. The van der Waals surface area contributed by atoms with Gasteiger partial charge in [-0.15, -0.1) is 0 Å². The van der Waals surface area contributed by atoms with Gasteiger partial charge in [-0.05, 0) is 51.0 Å². The number of carbonyl (C=O) groups excluding carboxylic acids is 1. The predicted octanol–water partition coefficient (Wildman–Crippen LogP) is 1.77. The summed E-state index contributed by atoms with van der Waals surface area (Å²) >= 11 is 0. The van der Waals surface area contributed by atoms with Gasteiger partial charge in [0.1, 0.15) is 5.75 Å². The molecule has 1 aromatic carbocycles. The number of likely N-dealkylation sites (tertiary alicyclic amines) is 1. The minimum Gasteiger partial charge on any atom is -0.494 e. The van der Waals surface area contributed by atoms with Gasteiger partial charge in [-0.3, -0.25) is 9.69 Å². The molecule has 0 aromatic heterocycles. The number of ketones is 1. The van der Waals surface area contributed by atoms with E-state index in [0.717, 1.165) is 31.7 Å². The molecule has 7 heteroatoms. The molecule has 2 bridgehead atoms. The van der Waals surface area contributed by atoms with Gasteiger partial charge in [0.15, 0.2) is 5.78 Å². The quantitative estimate of drug-likeness (QED) is 0.518. The van der Waals surface area contributed by atoms with E-state index >= 15 is 0 Å². The molecular formula is C18H26N2O4S. The van der Waals surface area contributed by atoms with E-state index in [1.165, 1.54) is 0 Å². The second-order valence-electron chi connectivity index (χ2n) is 6.79. The van der Waals surface area contributed by atoms with Crippen molar-refractivity contribution in [2.24, 2.45) is 0 Å². The van der Waals surface area contributed by atoms with Crippen molar-refractivity contribution in [3.05, 3.63) is 29.8 Å². The van der Waals surface area contributed by atoms with Crippen LogP contribution in [0.3, 0.4) is 0 Å². The molecule has 0 N–H and O–H groups in total. The Kier molecular flexibility index (Phi) is 5.46. The van der Waals surface area contributed by atoms with E-state index in [9.17, 15) is 13.2 Å². The number of sulfonamides is 1. The molecule has 1 aromatic rings. The zero-order valence-electron chi connectivity index (χ0n) is 14.8. The number of nitrogens with zero attached hydrogens (tertiary/aromatic N) is 2. The number of hydrogen-bond acceptors (Lipinski definition) is 5. The summed E-state index contributed by atoms with van der Waals surface area (Å²) in [6.45, 7) is 6.26. The highest BCUT2D eigenvalue weighted by molar-refractivity contribution is 7.89. The normalized spacial score (nSPS) is 23.9. The molecule has 25 heavy (non-hydrogen) atoms. The fraction of sp³-hybridized carbons (Fsp3) is 0.611. The first-order valence-corrected chi connectivity index (χ1v) is 10.5. The molecule has 0 amide bonds. The lowest BCUT2D eigenvalue weighted by atomic mass is 10.1. The van der Waals surface area contributed by atoms with E-state index in [1.807, 2.05) is 12.1 Å². The van der Waals surface area contributed by atoms with Gasteiger partial charge in [-0.25, -0.2) is 8.42 Å². The van der Waals surface area contributed by atoms with Crippen LogP contribution in [0.1, 0.15) is 37.0 Å². The highest BCUT2D eigenvalue weighted by Gasteiger charge is 2.46. The van der Waals surface area contributed by atoms with Crippen LogP contribution in [0.25, 0.3) is 0 Å². The maximum atomic E-state index is 12.0. The fourth-order valence-corrected chi connectivity index (χ4v) is 5.07. The smallest absolute Gasteiger partial charge is 0.214 e. The van der Waals surface area contributed by atoms with Gasteiger partial charge < -0.3 is 4.74 Å². The van der Waals surface area contributed by atoms with Gasteiger partial charge >= 0.3 is 0 Å². The highest BCUT2D eigenvalue weighted by atomic mass is 32.2. The fourth-order valence-electron chi connectivity index (χ4n) is 3.74. The van der Waals surface area contributed by atoms with E-state index in [2.05, 4.69) is 4.90 Å². The SMILES string of the molecule is CCS(=O)(=O)N1C[C@H]2C[C@@H]1CN2CCCOc1ccc(C(C)=O)cc1. The molecule has 2 aliphatic rings. The van der Waals surface area contributed by atoms with Gasteiger partial charge in [0.2, 0.25) is 10.0 Å². The summed E-state index contributed by atoms with van der Waals surface area (Å²) in [4.78, 5) is 13.6. The molecule has 0 radical (unpaired) electrons. The second kappa shape index (κ2) is 7.43. The number of carbonyl (C=O) groups is 1. The Hall–Kier alpha value is -1.44. The van der Waals surface area contributed by atoms with Gasteiger partial charge in [-0.2, -0.15) is 4.31 Å². The van der Waals surface area contributed by atoms with Crippen molar-refractivity contribution in [2.75, 3.05) is 32.0 Å². The summed E-state index contributed by atoms with van der Waals surface area (Å²) < 4.78 is 31.5. The van der Waals surface area contributed by atoms with Crippen molar-refractivity contribution in [1.29, 1.82) is 0 Å². The zero-order chi connectivity index (χ0) is 18.0. The Morgan fingerprint density at radius 1 is 1.20 bits per heavy atom. The van der Waals surface area contributed by atoms with Crippen LogP contribution in [0, 0.1) is 0 Å². The Balaban J connectivity index is 1.41. The van der Waals surface area contributed by atoms with E-state index in [4.69, 9.17) is 4.74 Å². The van der Waals surface area contributed by atoms with Crippen LogP contribution in [0.4, 0.5) is 0 Å². The maximum absolute atomic E-state index is 12.0.